The molecule has 0 aromatic heterocycles. The molecule has 2 aliphatic heterocycles. The summed E-state index contributed by atoms with van der Waals surface area (Å²) in [5, 5.41) is 3.43. The van der Waals surface area contributed by atoms with E-state index >= 15 is 0 Å². The van der Waals surface area contributed by atoms with Gasteiger partial charge in [0.25, 0.3) is 0 Å². The number of esters is 1. The van der Waals surface area contributed by atoms with Crippen LogP contribution in [0, 0.1) is 5.41 Å². The fourth-order valence-corrected chi connectivity index (χ4v) is 2.94. The molecule has 1 aromatic carbocycles. The number of rotatable bonds is 2. The van der Waals surface area contributed by atoms with Gasteiger partial charge in [-0.3, -0.25) is 0 Å². The van der Waals surface area contributed by atoms with Crippen LogP contribution in [0.15, 0.2) is 24.3 Å². The van der Waals surface area contributed by atoms with Crippen LogP contribution in [0.5, 0.6) is 0 Å². The highest BCUT2D eigenvalue weighted by molar-refractivity contribution is 5.89. The lowest BCUT2D eigenvalue weighted by atomic mass is 9.79. The summed E-state index contributed by atoms with van der Waals surface area (Å²) in [6.45, 7) is 4.54. The van der Waals surface area contributed by atoms with Crippen molar-refractivity contribution in [2.75, 3.05) is 38.2 Å². The van der Waals surface area contributed by atoms with Gasteiger partial charge in [0, 0.05) is 30.7 Å². The maximum absolute atomic E-state index is 11.3. The second-order valence-corrected chi connectivity index (χ2v) is 5.32. The molecule has 2 heterocycles. The molecule has 1 N–H and O–H groups in total. The van der Waals surface area contributed by atoms with Crippen LogP contribution in [0.25, 0.3) is 0 Å². The zero-order chi connectivity index (χ0) is 12.6. The highest BCUT2D eigenvalue weighted by Crippen LogP contribution is 2.38. The first-order chi connectivity index (χ1) is 8.72. The molecule has 2 fully saturated rings. The normalized spacial score (nSPS) is 20.8. The minimum absolute atomic E-state index is 0.276. The summed E-state index contributed by atoms with van der Waals surface area (Å²) in [4.78, 5) is 13.7. The molecule has 0 amide bonds. The van der Waals surface area contributed by atoms with Crippen molar-refractivity contribution in [3.63, 3.8) is 0 Å². The molecule has 0 bridgehead atoms. The fourth-order valence-electron chi connectivity index (χ4n) is 2.94. The zero-order valence-electron chi connectivity index (χ0n) is 10.6. The van der Waals surface area contributed by atoms with Crippen LogP contribution in [0.4, 0.5) is 5.69 Å². The number of hydrogen-bond donors (Lipinski definition) is 1. The van der Waals surface area contributed by atoms with Crippen molar-refractivity contribution in [3.8, 4) is 0 Å². The summed E-state index contributed by atoms with van der Waals surface area (Å²) in [5.41, 5.74) is 2.31. The monoisotopic (exact) mass is 246 g/mol. The van der Waals surface area contributed by atoms with E-state index in [0.717, 1.165) is 26.2 Å². The SMILES string of the molecule is COC(=O)c1ccc(N2CC3(CCNC3)C2)cc1. The molecule has 0 saturated carbocycles. The van der Waals surface area contributed by atoms with Gasteiger partial charge in [0.1, 0.15) is 0 Å². The molecular formula is C14H18N2O2. The third-order valence-electron chi connectivity index (χ3n) is 4.04. The smallest absolute Gasteiger partial charge is 0.337 e. The zero-order valence-corrected chi connectivity index (χ0v) is 10.6. The van der Waals surface area contributed by atoms with Crippen LogP contribution in [-0.4, -0.2) is 39.3 Å². The van der Waals surface area contributed by atoms with Gasteiger partial charge in [-0.15, -0.1) is 0 Å². The highest BCUT2D eigenvalue weighted by atomic mass is 16.5. The Kier molecular flexibility index (Phi) is 2.74. The lowest BCUT2D eigenvalue weighted by molar-refractivity contribution is 0.0600. The molecule has 2 saturated heterocycles. The molecule has 96 valence electrons. The number of carbonyl (C=O) groups excluding carboxylic acids is 1. The molecule has 2 aliphatic rings. The molecule has 1 spiro atoms. The molecule has 18 heavy (non-hydrogen) atoms. The van der Waals surface area contributed by atoms with E-state index in [1.807, 2.05) is 24.3 Å². The van der Waals surface area contributed by atoms with Gasteiger partial charge in [-0.2, -0.15) is 0 Å². The Labute approximate surface area is 107 Å². The van der Waals surface area contributed by atoms with Crippen LogP contribution < -0.4 is 10.2 Å². The van der Waals surface area contributed by atoms with Gasteiger partial charge in [0.15, 0.2) is 0 Å². The molecule has 0 atom stereocenters. The largest absolute Gasteiger partial charge is 0.465 e. The van der Waals surface area contributed by atoms with Crippen LogP contribution in [0.2, 0.25) is 0 Å². The number of hydrogen-bond acceptors (Lipinski definition) is 4. The second-order valence-electron chi connectivity index (χ2n) is 5.32. The van der Waals surface area contributed by atoms with Gasteiger partial charge in [0.05, 0.1) is 12.7 Å². The Bertz CT molecular complexity index is 441. The van der Waals surface area contributed by atoms with Crippen molar-refractivity contribution in [1.82, 2.24) is 5.32 Å². The Hall–Kier alpha value is -1.55. The summed E-state index contributed by atoms with van der Waals surface area (Å²) in [6.07, 6.45) is 1.28. The number of benzene rings is 1. The molecule has 0 aliphatic carbocycles. The maximum atomic E-state index is 11.3. The minimum Gasteiger partial charge on any atom is -0.465 e. The number of nitrogens with one attached hydrogen (secondary N) is 1. The fraction of sp³-hybridized carbons (Fsp3) is 0.500. The van der Waals surface area contributed by atoms with Gasteiger partial charge in [-0.1, -0.05) is 0 Å². The van der Waals surface area contributed by atoms with E-state index in [1.54, 1.807) is 0 Å². The van der Waals surface area contributed by atoms with Crippen molar-refractivity contribution >= 4 is 11.7 Å². The number of nitrogens with zero attached hydrogens (tertiary/aromatic N) is 1. The van der Waals surface area contributed by atoms with Gasteiger partial charge < -0.3 is 15.0 Å². The van der Waals surface area contributed by atoms with Gasteiger partial charge in [-0.05, 0) is 37.2 Å². The number of ether oxygens (including phenoxy) is 1. The van der Waals surface area contributed by atoms with E-state index < -0.39 is 0 Å². The molecule has 0 unspecified atom stereocenters. The lowest BCUT2D eigenvalue weighted by Crippen LogP contribution is -2.57. The molecular weight excluding hydrogens is 228 g/mol. The van der Waals surface area contributed by atoms with Gasteiger partial charge in [0.2, 0.25) is 0 Å². The third-order valence-corrected chi connectivity index (χ3v) is 4.04. The Balaban J connectivity index is 1.66. The Morgan fingerprint density at radius 2 is 2.06 bits per heavy atom. The van der Waals surface area contributed by atoms with Crippen molar-refractivity contribution in [3.05, 3.63) is 29.8 Å². The van der Waals surface area contributed by atoms with Crippen molar-refractivity contribution in [2.24, 2.45) is 5.41 Å². The first-order valence-corrected chi connectivity index (χ1v) is 6.37. The molecule has 4 heteroatoms. The Morgan fingerprint density at radius 3 is 2.61 bits per heavy atom. The molecule has 1 aromatic rings. The summed E-state index contributed by atoms with van der Waals surface area (Å²) in [6, 6.07) is 7.67. The average molecular weight is 246 g/mol. The number of methoxy groups -OCH3 is 1. The summed E-state index contributed by atoms with van der Waals surface area (Å²) >= 11 is 0. The van der Waals surface area contributed by atoms with E-state index in [1.165, 1.54) is 19.2 Å². The standard InChI is InChI=1S/C14H18N2O2/c1-18-13(17)11-2-4-12(5-3-11)16-9-14(10-16)6-7-15-8-14/h2-5,15H,6-10H2,1H3. The van der Waals surface area contributed by atoms with E-state index in [4.69, 9.17) is 4.74 Å². The maximum Gasteiger partial charge on any atom is 0.337 e. The first-order valence-electron chi connectivity index (χ1n) is 6.37. The quantitative estimate of drug-likeness (QED) is 0.798. The summed E-state index contributed by atoms with van der Waals surface area (Å²) in [7, 11) is 1.41. The average Bonchev–Trinajstić information content (AvgIpc) is 2.86. The van der Waals surface area contributed by atoms with Crippen LogP contribution in [0.3, 0.4) is 0 Å². The third kappa shape index (κ3) is 1.86. The van der Waals surface area contributed by atoms with E-state index in [-0.39, 0.29) is 5.97 Å². The van der Waals surface area contributed by atoms with Gasteiger partial charge >= 0.3 is 5.97 Å². The second kappa shape index (κ2) is 4.28. The topological polar surface area (TPSA) is 41.6 Å². The highest BCUT2D eigenvalue weighted by Gasteiger charge is 2.44. The predicted octanol–water partition coefficient (Wildman–Crippen LogP) is 1.27. The van der Waals surface area contributed by atoms with Crippen LogP contribution in [-0.2, 0) is 4.74 Å². The molecule has 4 nitrogen and oxygen atoms in total. The Morgan fingerprint density at radius 1 is 1.33 bits per heavy atom. The van der Waals surface area contributed by atoms with Crippen LogP contribution >= 0.6 is 0 Å². The molecule has 3 rings (SSSR count). The minimum atomic E-state index is -0.276. The van der Waals surface area contributed by atoms with Crippen molar-refractivity contribution in [1.29, 1.82) is 0 Å². The van der Waals surface area contributed by atoms with E-state index in [9.17, 15) is 4.79 Å². The number of carbonyl (C=O) groups is 1. The van der Waals surface area contributed by atoms with E-state index in [2.05, 4.69) is 10.2 Å². The van der Waals surface area contributed by atoms with Crippen molar-refractivity contribution in [2.45, 2.75) is 6.42 Å². The molecule has 0 radical (unpaired) electrons. The van der Waals surface area contributed by atoms with Crippen LogP contribution in [0.1, 0.15) is 16.8 Å². The first kappa shape index (κ1) is 11.5. The van der Waals surface area contributed by atoms with Gasteiger partial charge in [-0.25, -0.2) is 4.79 Å². The number of anilines is 1. The predicted molar refractivity (Wildman–Crippen MR) is 69.9 cm³/mol. The lowest BCUT2D eigenvalue weighted by Gasteiger charge is -2.49. The summed E-state index contributed by atoms with van der Waals surface area (Å²) in [5.74, 6) is -0.276. The van der Waals surface area contributed by atoms with E-state index in [0.29, 0.717) is 11.0 Å². The summed E-state index contributed by atoms with van der Waals surface area (Å²) < 4.78 is 4.69. The van der Waals surface area contributed by atoms with Crippen molar-refractivity contribution < 1.29 is 9.53 Å².